The second kappa shape index (κ2) is 5.43. The van der Waals surface area contributed by atoms with Crippen molar-refractivity contribution in [2.24, 2.45) is 5.73 Å². The van der Waals surface area contributed by atoms with Crippen molar-refractivity contribution in [1.29, 1.82) is 0 Å². The number of likely N-dealkylation sites (N-methyl/N-ethyl adjacent to an activating group) is 1. The molecule has 1 fully saturated rings. The van der Waals surface area contributed by atoms with Crippen LogP contribution in [0.3, 0.4) is 0 Å². The van der Waals surface area contributed by atoms with Gasteiger partial charge in [-0.3, -0.25) is 0 Å². The molecule has 0 saturated heterocycles. The molecule has 1 aliphatic carbocycles. The van der Waals surface area contributed by atoms with Crippen LogP contribution in [0.1, 0.15) is 30.5 Å². The molecule has 19 heavy (non-hydrogen) atoms. The molecule has 0 atom stereocenters. The van der Waals surface area contributed by atoms with Gasteiger partial charge in [0.2, 0.25) is 0 Å². The van der Waals surface area contributed by atoms with Crippen LogP contribution in [0.4, 0.5) is 5.82 Å². The summed E-state index contributed by atoms with van der Waals surface area (Å²) in [5.74, 6) is 0.857. The highest BCUT2D eigenvalue weighted by Crippen LogP contribution is 2.36. The van der Waals surface area contributed by atoms with E-state index in [4.69, 9.17) is 18.0 Å². The van der Waals surface area contributed by atoms with Gasteiger partial charge in [0.15, 0.2) is 0 Å². The maximum Gasteiger partial charge on any atom is 0.126 e. The number of hydrogen-bond acceptors (Lipinski definition) is 4. The molecule has 2 rings (SSSR count). The zero-order valence-corrected chi connectivity index (χ0v) is 12.7. The Morgan fingerprint density at radius 3 is 2.63 bits per heavy atom. The first kappa shape index (κ1) is 14.2. The molecular formula is C14H22N4S. The van der Waals surface area contributed by atoms with Crippen molar-refractivity contribution in [2.45, 2.75) is 31.7 Å². The van der Waals surface area contributed by atoms with Crippen molar-refractivity contribution < 1.29 is 0 Å². The highest BCUT2D eigenvalue weighted by molar-refractivity contribution is 7.80. The Labute approximate surface area is 120 Å². The lowest BCUT2D eigenvalue weighted by atomic mass is 9.75. The number of rotatable bonds is 5. The van der Waals surface area contributed by atoms with Crippen LogP contribution in [0.5, 0.6) is 0 Å². The molecule has 3 N–H and O–H groups in total. The smallest absolute Gasteiger partial charge is 0.126 e. The summed E-state index contributed by atoms with van der Waals surface area (Å²) in [6.07, 6.45) is 3.78. The molecule has 1 heterocycles. The van der Waals surface area contributed by atoms with Crippen molar-refractivity contribution in [2.75, 3.05) is 26.0 Å². The first-order chi connectivity index (χ1) is 8.93. The standard InChI is InChI=1S/C14H22N4S/c1-10-7-11(13(15)19)8-12(17-10)16-9-14(18(2)3)5-4-6-14/h7-8H,4-6,9H2,1-3H3,(H2,15,19)(H,16,17). The van der Waals surface area contributed by atoms with Crippen LogP contribution < -0.4 is 11.1 Å². The Morgan fingerprint density at radius 2 is 2.16 bits per heavy atom. The molecule has 4 nitrogen and oxygen atoms in total. The molecule has 5 heteroatoms. The number of anilines is 1. The van der Waals surface area contributed by atoms with Crippen molar-refractivity contribution in [3.05, 3.63) is 23.4 Å². The third-order valence-electron chi connectivity index (χ3n) is 4.07. The van der Waals surface area contributed by atoms with E-state index in [0.717, 1.165) is 23.6 Å². The quantitative estimate of drug-likeness (QED) is 0.806. The largest absolute Gasteiger partial charge is 0.389 e. The second-order valence-corrected chi connectivity index (χ2v) is 6.01. The summed E-state index contributed by atoms with van der Waals surface area (Å²) >= 11 is 5.03. The van der Waals surface area contributed by atoms with Crippen LogP contribution in [0.15, 0.2) is 12.1 Å². The van der Waals surface area contributed by atoms with Gasteiger partial charge in [-0.15, -0.1) is 0 Å². The van der Waals surface area contributed by atoms with E-state index >= 15 is 0 Å². The number of nitrogens with two attached hydrogens (primary N) is 1. The molecule has 1 aromatic rings. The molecule has 0 spiro atoms. The number of aromatic nitrogens is 1. The Bertz CT molecular complexity index is 480. The third-order valence-corrected chi connectivity index (χ3v) is 4.31. The third kappa shape index (κ3) is 3.04. The molecule has 0 aliphatic heterocycles. The number of aryl methyl sites for hydroxylation is 1. The van der Waals surface area contributed by atoms with Gasteiger partial charge >= 0.3 is 0 Å². The molecule has 0 unspecified atom stereocenters. The lowest BCUT2D eigenvalue weighted by molar-refractivity contribution is 0.0738. The van der Waals surface area contributed by atoms with Crippen molar-refractivity contribution in [3.8, 4) is 0 Å². The molecule has 1 aromatic heterocycles. The summed E-state index contributed by atoms with van der Waals surface area (Å²) in [6.45, 7) is 2.87. The van der Waals surface area contributed by atoms with Gasteiger partial charge in [-0.25, -0.2) is 4.98 Å². The van der Waals surface area contributed by atoms with Gasteiger partial charge in [0.05, 0.1) is 0 Å². The number of pyridine rings is 1. The minimum atomic E-state index is 0.273. The molecule has 1 aliphatic rings. The highest BCUT2D eigenvalue weighted by Gasteiger charge is 2.38. The van der Waals surface area contributed by atoms with Crippen LogP contribution in [0.2, 0.25) is 0 Å². The van der Waals surface area contributed by atoms with E-state index in [-0.39, 0.29) is 5.54 Å². The highest BCUT2D eigenvalue weighted by atomic mass is 32.1. The molecule has 0 bridgehead atoms. The summed E-state index contributed by atoms with van der Waals surface area (Å²) in [5.41, 5.74) is 7.76. The van der Waals surface area contributed by atoms with E-state index < -0.39 is 0 Å². The fourth-order valence-corrected chi connectivity index (χ4v) is 2.64. The SMILES string of the molecule is Cc1cc(C(N)=S)cc(NCC2(N(C)C)CCC2)n1. The van der Waals surface area contributed by atoms with Gasteiger partial charge < -0.3 is 16.0 Å². The Balaban J connectivity index is 2.09. The maximum absolute atomic E-state index is 5.69. The van der Waals surface area contributed by atoms with E-state index in [1.807, 2.05) is 19.1 Å². The van der Waals surface area contributed by atoms with Crippen LogP contribution in [-0.4, -0.2) is 41.1 Å². The lowest BCUT2D eigenvalue weighted by Gasteiger charge is -2.47. The van der Waals surface area contributed by atoms with E-state index in [9.17, 15) is 0 Å². The van der Waals surface area contributed by atoms with E-state index in [0.29, 0.717) is 4.99 Å². The Morgan fingerprint density at radius 1 is 1.47 bits per heavy atom. The predicted molar refractivity (Wildman–Crippen MR) is 83.6 cm³/mol. The van der Waals surface area contributed by atoms with E-state index in [2.05, 4.69) is 29.3 Å². The Hall–Kier alpha value is -1.20. The van der Waals surface area contributed by atoms with Crippen LogP contribution in [0, 0.1) is 6.92 Å². The van der Waals surface area contributed by atoms with Gasteiger partial charge in [-0.2, -0.15) is 0 Å². The topological polar surface area (TPSA) is 54.2 Å². The van der Waals surface area contributed by atoms with Crippen LogP contribution in [-0.2, 0) is 0 Å². The van der Waals surface area contributed by atoms with Gasteiger partial charge in [0.25, 0.3) is 0 Å². The van der Waals surface area contributed by atoms with Crippen molar-refractivity contribution >= 4 is 23.0 Å². The van der Waals surface area contributed by atoms with Crippen LogP contribution >= 0.6 is 12.2 Å². The van der Waals surface area contributed by atoms with Crippen molar-refractivity contribution in [3.63, 3.8) is 0 Å². The van der Waals surface area contributed by atoms with Crippen molar-refractivity contribution in [1.82, 2.24) is 9.88 Å². The molecule has 1 saturated carbocycles. The Kier molecular flexibility index (Phi) is 4.06. The van der Waals surface area contributed by atoms with Gasteiger partial charge in [-0.05, 0) is 52.4 Å². The van der Waals surface area contributed by atoms with Gasteiger partial charge in [-0.1, -0.05) is 12.2 Å². The first-order valence-corrected chi connectivity index (χ1v) is 7.04. The maximum atomic E-state index is 5.69. The summed E-state index contributed by atoms with van der Waals surface area (Å²) in [6, 6.07) is 3.84. The minimum absolute atomic E-state index is 0.273. The lowest BCUT2D eigenvalue weighted by Crippen LogP contribution is -2.54. The minimum Gasteiger partial charge on any atom is -0.389 e. The number of hydrogen-bond donors (Lipinski definition) is 2. The average molecular weight is 278 g/mol. The molecule has 0 amide bonds. The summed E-state index contributed by atoms with van der Waals surface area (Å²) in [5, 5.41) is 3.44. The van der Waals surface area contributed by atoms with Gasteiger partial charge in [0, 0.05) is 23.3 Å². The number of nitrogens with zero attached hydrogens (tertiary/aromatic N) is 2. The zero-order valence-electron chi connectivity index (χ0n) is 11.9. The second-order valence-electron chi connectivity index (χ2n) is 5.57. The number of thiocarbonyl (C=S) groups is 1. The summed E-state index contributed by atoms with van der Waals surface area (Å²) < 4.78 is 0. The van der Waals surface area contributed by atoms with E-state index in [1.165, 1.54) is 19.3 Å². The fraction of sp³-hybridized carbons (Fsp3) is 0.571. The predicted octanol–water partition coefficient (Wildman–Crippen LogP) is 1.92. The molecular weight excluding hydrogens is 256 g/mol. The summed E-state index contributed by atoms with van der Waals surface area (Å²) in [4.78, 5) is 7.22. The first-order valence-electron chi connectivity index (χ1n) is 6.63. The monoisotopic (exact) mass is 278 g/mol. The molecule has 0 aromatic carbocycles. The van der Waals surface area contributed by atoms with E-state index in [1.54, 1.807) is 0 Å². The number of nitrogens with one attached hydrogen (secondary N) is 1. The normalized spacial score (nSPS) is 17.1. The van der Waals surface area contributed by atoms with Gasteiger partial charge in [0.1, 0.15) is 10.8 Å². The molecule has 0 radical (unpaired) electrons. The molecule has 104 valence electrons. The van der Waals surface area contributed by atoms with Crippen LogP contribution in [0.25, 0.3) is 0 Å². The average Bonchev–Trinajstić information content (AvgIpc) is 2.26. The summed E-state index contributed by atoms with van der Waals surface area (Å²) in [7, 11) is 4.29. The fourth-order valence-electron chi connectivity index (χ4n) is 2.52. The zero-order chi connectivity index (χ0) is 14.0.